The fraction of sp³-hybridized carbons (Fsp3) is 0.462. The van der Waals surface area contributed by atoms with E-state index in [2.05, 4.69) is 18.0 Å². The Morgan fingerprint density at radius 1 is 1.24 bits per heavy atom. The first-order valence-corrected chi connectivity index (χ1v) is 7.00. The molecule has 2 aromatic rings. The van der Waals surface area contributed by atoms with Gasteiger partial charge in [-0.3, -0.25) is 5.01 Å². The van der Waals surface area contributed by atoms with Crippen molar-refractivity contribution >= 4 is 26.7 Å². The molecule has 92 valence electrons. The van der Waals surface area contributed by atoms with E-state index in [1.165, 1.54) is 24.0 Å². The van der Waals surface area contributed by atoms with E-state index in [1.807, 2.05) is 18.2 Å². The molecule has 0 radical (unpaired) electrons. The van der Waals surface area contributed by atoms with Gasteiger partial charge in [0.2, 0.25) is 5.13 Å². The number of aromatic nitrogens is 1. The lowest BCUT2D eigenvalue weighted by atomic mass is 10.2. The number of nitrogens with two attached hydrogens (primary N) is 1. The number of fused-ring (bicyclic) bond motifs is 1. The maximum atomic E-state index is 6.02. The van der Waals surface area contributed by atoms with Crippen molar-refractivity contribution in [3.8, 4) is 0 Å². The van der Waals surface area contributed by atoms with E-state index in [0.717, 1.165) is 23.6 Å². The number of unbranched alkanes of at least 4 members (excludes halogenated alkanes) is 3. The smallest absolute Gasteiger partial charge is 0.200 e. The van der Waals surface area contributed by atoms with E-state index >= 15 is 0 Å². The van der Waals surface area contributed by atoms with E-state index in [-0.39, 0.29) is 0 Å². The van der Waals surface area contributed by atoms with E-state index < -0.39 is 0 Å². The lowest BCUT2D eigenvalue weighted by molar-refractivity contribution is 0.650. The van der Waals surface area contributed by atoms with Crippen LogP contribution in [0.2, 0.25) is 0 Å². The number of nitrogens with zero attached hydrogens (tertiary/aromatic N) is 2. The lowest BCUT2D eigenvalue weighted by Crippen LogP contribution is -2.31. The second-order valence-corrected chi connectivity index (χ2v) is 5.23. The number of rotatable bonds is 6. The van der Waals surface area contributed by atoms with E-state index in [4.69, 9.17) is 5.84 Å². The molecule has 1 aromatic heterocycles. The zero-order valence-corrected chi connectivity index (χ0v) is 11.0. The number of thiazole rings is 1. The minimum Gasteiger partial charge on any atom is -0.286 e. The third-order valence-corrected chi connectivity index (χ3v) is 3.85. The van der Waals surface area contributed by atoms with Crippen molar-refractivity contribution in [2.45, 2.75) is 32.6 Å². The Morgan fingerprint density at radius 2 is 2.06 bits per heavy atom. The van der Waals surface area contributed by atoms with Crippen molar-refractivity contribution in [3.63, 3.8) is 0 Å². The first-order chi connectivity index (χ1) is 8.31. The average molecular weight is 249 g/mol. The van der Waals surface area contributed by atoms with Crippen molar-refractivity contribution < 1.29 is 0 Å². The molecule has 4 heteroatoms. The molecule has 0 saturated carbocycles. The lowest BCUT2D eigenvalue weighted by Gasteiger charge is -2.14. The van der Waals surface area contributed by atoms with Crippen LogP contribution in [-0.2, 0) is 0 Å². The summed E-state index contributed by atoms with van der Waals surface area (Å²) in [5.41, 5.74) is 1.04. The van der Waals surface area contributed by atoms with E-state index in [9.17, 15) is 0 Å². The van der Waals surface area contributed by atoms with Gasteiger partial charge < -0.3 is 0 Å². The van der Waals surface area contributed by atoms with Crippen molar-refractivity contribution in [2.24, 2.45) is 5.84 Å². The molecule has 0 spiro atoms. The molecule has 1 heterocycles. The topological polar surface area (TPSA) is 42.1 Å². The monoisotopic (exact) mass is 249 g/mol. The molecule has 0 fully saturated rings. The van der Waals surface area contributed by atoms with Crippen LogP contribution in [0.15, 0.2) is 24.3 Å². The number of para-hydroxylation sites is 1. The molecule has 0 saturated heterocycles. The summed E-state index contributed by atoms with van der Waals surface area (Å²) in [6.07, 6.45) is 4.93. The maximum absolute atomic E-state index is 6.02. The van der Waals surface area contributed by atoms with Crippen LogP contribution < -0.4 is 10.9 Å². The third-order valence-electron chi connectivity index (χ3n) is 2.78. The molecule has 0 amide bonds. The zero-order valence-electron chi connectivity index (χ0n) is 10.2. The van der Waals surface area contributed by atoms with Gasteiger partial charge in [-0.15, -0.1) is 0 Å². The van der Waals surface area contributed by atoms with Gasteiger partial charge in [-0.1, -0.05) is 49.7 Å². The Balaban J connectivity index is 1.96. The van der Waals surface area contributed by atoms with Crippen molar-refractivity contribution in [3.05, 3.63) is 24.3 Å². The molecule has 17 heavy (non-hydrogen) atoms. The number of anilines is 1. The molecular weight excluding hydrogens is 230 g/mol. The van der Waals surface area contributed by atoms with Crippen LogP contribution in [0.25, 0.3) is 10.2 Å². The molecule has 0 bridgehead atoms. The summed E-state index contributed by atoms with van der Waals surface area (Å²) in [5.74, 6) is 6.02. The minimum absolute atomic E-state index is 0.889. The molecule has 0 aliphatic carbocycles. The largest absolute Gasteiger partial charge is 0.286 e. The maximum Gasteiger partial charge on any atom is 0.200 e. The van der Waals surface area contributed by atoms with Gasteiger partial charge in [0.15, 0.2) is 0 Å². The summed E-state index contributed by atoms with van der Waals surface area (Å²) in [5, 5.41) is 2.70. The highest BCUT2D eigenvalue weighted by molar-refractivity contribution is 7.22. The Morgan fingerprint density at radius 3 is 2.82 bits per heavy atom. The van der Waals surface area contributed by atoms with Gasteiger partial charge in [0.1, 0.15) is 0 Å². The van der Waals surface area contributed by atoms with Crippen molar-refractivity contribution in [2.75, 3.05) is 11.6 Å². The second-order valence-electron chi connectivity index (χ2n) is 4.22. The van der Waals surface area contributed by atoms with Crippen LogP contribution in [0.1, 0.15) is 32.6 Å². The molecule has 2 N–H and O–H groups in total. The first kappa shape index (κ1) is 12.3. The van der Waals surface area contributed by atoms with Gasteiger partial charge >= 0.3 is 0 Å². The zero-order chi connectivity index (χ0) is 12.1. The van der Waals surface area contributed by atoms with Gasteiger partial charge in [-0.25, -0.2) is 10.8 Å². The van der Waals surface area contributed by atoms with Gasteiger partial charge in [0.05, 0.1) is 10.2 Å². The quantitative estimate of drug-likeness (QED) is 0.483. The summed E-state index contributed by atoms with van der Waals surface area (Å²) in [7, 11) is 0. The number of hydrazine groups is 1. The molecule has 0 atom stereocenters. The van der Waals surface area contributed by atoms with E-state index in [0.29, 0.717) is 0 Å². The molecule has 2 rings (SSSR count). The van der Waals surface area contributed by atoms with Gasteiger partial charge in [0.25, 0.3) is 0 Å². The highest BCUT2D eigenvalue weighted by Gasteiger charge is 2.07. The highest BCUT2D eigenvalue weighted by Crippen LogP contribution is 2.27. The minimum atomic E-state index is 0.889. The Bertz CT molecular complexity index is 433. The normalized spacial score (nSPS) is 10.9. The molecular formula is C13H19N3S. The second kappa shape index (κ2) is 5.98. The molecule has 0 aliphatic rings. The Kier molecular flexibility index (Phi) is 4.34. The third kappa shape index (κ3) is 3.17. The molecule has 0 unspecified atom stereocenters. The standard InChI is InChI=1S/C13H19N3S/c1-2-3-4-7-10-16(14)13-15-11-8-5-6-9-12(11)17-13/h5-6,8-9H,2-4,7,10,14H2,1H3. The number of benzene rings is 1. The van der Waals surface area contributed by atoms with Crippen LogP contribution in [-0.4, -0.2) is 11.5 Å². The molecule has 1 aromatic carbocycles. The summed E-state index contributed by atoms with van der Waals surface area (Å²) >= 11 is 1.66. The molecule has 0 aliphatic heterocycles. The number of hydrogen-bond donors (Lipinski definition) is 1. The van der Waals surface area contributed by atoms with Crippen LogP contribution in [0.3, 0.4) is 0 Å². The summed E-state index contributed by atoms with van der Waals surface area (Å²) in [6, 6.07) is 8.15. The van der Waals surface area contributed by atoms with Crippen LogP contribution in [0.5, 0.6) is 0 Å². The predicted octanol–water partition coefficient (Wildman–Crippen LogP) is 3.56. The number of hydrogen-bond acceptors (Lipinski definition) is 4. The first-order valence-electron chi connectivity index (χ1n) is 6.19. The van der Waals surface area contributed by atoms with Crippen LogP contribution in [0.4, 0.5) is 5.13 Å². The summed E-state index contributed by atoms with van der Waals surface area (Å²) in [4.78, 5) is 4.53. The van der Waals surface area contributed by atoms with Gasteiger partial charge in [-0.05, 0) is 18.6 Å². The van der Waals surface area contributed by atoms with Gasteiger partial charge in [0, 0.05) is 6.54 Å². The Labute approximate surface area is 106 Å². The van der Waals surface area contributed by atoms with Crippen molar-refractivity contribution in [1.82, 2.24) is 4.98 Å². The average Bonchev–Trinajstić information content (AvgIpc) is 2.78. The van der Waals surface area contributed by atoms with Gasteiger partial charge in [-0.2, -0.15) is 0 Å². The van der Waals surface area contributed by atoms with Crippen LogP contribution in [0, 0.1) is 0 Å². The Hall–Kier alpha value is -1.13. The van der Waals surface area contributed by atoms with Crippen LogP contribution >= 0.6 is 11.3 Å². The predicted molar refractivity (Wildman–Crippen MR) is 75.3 cm³/mol. The highest BCUT2D eigenvalue weighted by atomic mass is 32.1. The van der Waals surface area contributed by atoms with Crippen molar-refractivity contribution in [1.29, 1.82) is 0 Å². The molecule has 3 nitrogen and oxygen atoms in total. The summed E-state index contributed by atoms with van der Waals surface area (Å²) < 4.78 is 1.20. The SMILES string of the molecule is CCCCCCN(N)c1nc2ccccc2s1. The summed E-state index contributed by atoms with van der Waals surface area (Å²) in [6.45, 7) is 3.10. The fourth-order valence-corrected chi connectivity index (χ4v) is 2.70. The van der Waals surface area contributed by atoms with E-state index in [1.54, 1.807) is 16.3 Å². The fourth-order valence-electron chi connectivity index (χ4n) is 1.79.